The number of aldehydes is 1. The van der Waals surface area contributed by atoms with E-state index < -0.39 is 0 Å². The summed E-state index contributed by atoms with van der Waals surface area (Å²) >= 11 is 6.25. The van der Waals surface area contributed by atoms with Crippen LogP contribution in [0.15, 0.2) is 18.2 Å². The highest BCUT2D eigenvalue weighted by Gasteiger charge is 2.16. The van der Waals surface area contributed by atoms with Gasteiger partial charge in [-0.3, -0.25) is 4.79 Å². The minimum atomic E-state index is 0.640. The van der Waals surface area contributed by atoms with Crippen molar-refractivity contribution in [3.8, 4) is 0 Å². The van der Waals surface area contributed by atoms with E-state index in [1.54, 1.807) is 0 Å². The SMILES string of the molecule is CCC(CC)CN(CC)c1c(Cl)cccc1C=O. The van der Waals surface area contributed by atoms with Crippen molar-refractivity contribution in [2.45, 2.75) is 33.6 Å². The molecule has 0 bridgehead atoms. The molecular formula is C15H22ClNO. The average molecular weight is 268 g/mol. The Kier molecular flexibility index (Phi) is 6.20. The zero-order valence-corrected chi connectivity index (χ0v) is 12.2. The van der Waals surface area contributed by atoms with Crippen LogP contribution in [0.3, 0.4) is 0 Å². The molecule has 0 amide bonds. The number of hydrogen-bond donors (Lipinski definition) is 0. The van der Waals surface area contributed by atoms with Crippen LogP contribution in [0.1, 0.15) is 44.0 Å². The summed E-state index contributed by atoms with van der Waals surface area (Å²) in [7, 11) is 0. The second-order valence-corrected chi connectivity index (χ2v) is 4.92. The largest absolute Gasteiger partial charge is 0.370 e. The van der Waals surface area contributed by atoms with Crippen molar-refractivity contribution in [2.24, 2.45) is 5.92 Å². The second kappa shape index (κ2) is 7.42. The van der Waals surface area contributed by atoms with Gasteiger partial charge in [0.15, 0.2) is 6.29 Å². The van der Waals surface area contributed by atoms with Crippen LogP contribution >= 0.6 is 11.6 Å². The maximum absolute atomic E-state index is 11.1. The number of benzene rings is 1. The molecule has 0 unspecified atom stereocenters. The molecule has 0 N–H and O–H groups in total. The Balaban J connectivity index is 3.04. The molecule has 1 aromatic carbocycles. The fourth-order valence-corrected chi connectivity index (χ4v) is 2.50. The van der Waals surface area contributed by atoms with Crippen LogP contribution in [0.4, 0.5) is 5.69 Å². The molecule has 0 aliphatic rings. The molecule has 3 heteroatoms. The molecule has 0 heterocycles. The molecule has 0 fully saturated rings. The summed E-state index contributed by atoms with van der Waals surface area (Å²) in [4.78, 5) is 13.4. The first-order chi connectivity index (χ1) is 8.67. The lowest BCUT2D eigenvalue weighted by Crippen LogP contribution is -2.30. The van der Waals surface area contributed by atoms with Crippen LogP contribution in [0.2, 0.25) is 5.02 Å². The van der Waals surface area contributed by atoms with Crippen LogP contribution in [0, 0.1) is 5.92 Å². The number of halogens is 1. The lowest BCUT2D eigenvalue weighted by Gasteiger charge is -2.29. The van der Waals surface area contributed by atoms with Gasteiger partial charge in [0.05, 0.1) is 10.7 Å². The predicted octanol–water partition coefficient (Wildman–Crippen LogP) is 4.42. The Labute approximate surface area is 115 Å². The van der Waals surface area contributed by atoms with Gasteiger partial charge in [-0.15, -0.1) is 0 Å². The van der Waals surface area contributed by atoms with Gasteiger partial charge in [0.25, 0.3) is 0 Å². The number of rotatable bonds is 7. The Bertz CT molecular complexity index is 388. The van der Waals surface area contributed by atoms with E-state index in [1.165, 1.54) is 0 Å². The summed E-state index contributed by atoms with van der Waals surface area (Å²) in [6, 6.07) is 5.49. The lowest BCUT2D eigenvalue weighted by molar-refractivity contribution is 0.112. The summed E-state index contributed by atoms with van der Waals surface area (Å²) in [5.41, 5.74) is 1.55. The molecule has 18 heavy (non-hydrogen) atoms. The number of anilines is 1. The van der Waals surface area contributed by atoms with Crippen LogP contribution < -0.4 is 4.90 Å². The van der Waals surface area contributed by atoms with Crippen LogP contribution in [0.5, 0.6) is 0 Å². The highest BCUT2D eigenvalue weighted by Crippen LogP contribution is 2.30. The molecule has 0 aliphatic carbocycles. The van der Waals surface area contributed by atoms with Gasteiger partial charge in [-0.2, -0.15) is 0 Å². The Morgan fingerprint density at radius 2 is 1.94 bits per heavy atom. The van der Waals surface area contributed by atoms with Gasteiger partial charge in [0, 0.05) is 18.7 Å². The van der Waals surface area contributed by atoms with E-state index in [0.29, 0.717) is 16.5 Å². The van der Waals surface area contributed by atoms with Gasteiger partial charge in [-0.25, -0.2) is 0 Å². The highest BCUT2D eigenvalue weighted by molar-refractivity contribution is 6.33. The molecule has 0 aromatic heterocycles. The van der Waals surface area contributed by atoms with Crippen molar-refractivity contribution in [3.63, 3.8) is 0 Å². The first kappa shape index (κ1) is 15.0. The molecule has 0 spiro atoms. The smallest absolute Gasteiger partial charge is 0.152 e. The fourth-order valence-electron chi connectivity index (χ4n) is 2.20. The number of para-hydroxylation sites is 1. The highest BCUT2D eigenvalue weighted by atomic mass is 35.5. The van der Waals surface area contributed by atoms with Gasteiger partial charge < -0.3 is 4.90 Å². The third kappa shape index (κ3) is 3.49. The fraction of sp³-hybridized carbons (Fsp3) is 0.533. The van der Waals surface area contributed by atoms with Crippen LogP contribution in [-0.2, 0) is 0 Å². The van der Waals surface area contributed by atoms with E-state index in [0.717, 1.165) is 37.9 Å². The van der Waals surface area contributed by atoms with Gasteiger partial charge in [-0.05, 0) is 25.0 Å². The minimum Gasteiger partial charge on any atom is -0.370 e. The standard InChI is InChI=1S/C15H22ClNO/c1-4-12(5-2)10-17(6-3)15-13(11-18)8-7-9-14(15)16/h7-9,11-12H,4-6,10H2,1-3H3. The number of carbonyl (C=O) groups excluding carboxylic acids is 1. The van der Waals surface area contributed by atoms with Crippen LogP contribution in [-0.4, -0.2) is 19.4 Å². The van der Waals surface area contributed by atoms with E-state index in [1.807, 2.05) is 18.2 Å². The molecule has 1 rings (SSSR count). The zero-order valence-electron chi connectivity index (χ0n) is 11.4. The van der Waals surface area contributed by atoms with E-state index in [-0.39, 0.29) is 0 Å². The van der Waals surface area contributed by atoms with E-state index in [9.17, 15) is 4.79 Å². The summed E-state index contributed by atoms with van der Waals surface area (Å²) in [5, 5.41) is 0.660. The molecule has 0 atom stereocenters. The monoisotopic (exact) mass is 267 g/mol. The average Bonchev–Trinajstić information content (AvgIpc) is 2.41. The van der Waals surface area contributed by atoms with Crippen molar-refractivity contribution in [1.29, 1.82) is 0 Å². The number of hydrogen-bond acceptors (Lipinski definition) is 2. The molecule has 0 aliphatic heterocycles. The molecule has 0 saturated carbocycles. The quantitative estimate of drug-likeness (QED) is 0.682. The molecule has 100 valence electrons. The first-order valence-corrected chi connectivity index (χ1v) is 7.04. The molecular weight excluding hydrogens is 246 g/mol. The maximum Gasteiger partial charge on any atom is 0.152 e. The summed E-state index contributed by atoms with van der Waals surface area (Å²) in [5.74, 6) is 0.640. The van der Waals surface area contributed by atoms with Crippen molar-refractivity contribution < 1.29 is 4.79 Å². The maximum atomic E-state index is 11.1. The topological polar surface area (TPSA) is 20.3 Å². The first-order valence-electron chi connectivity index (χ1n) is 6.66. The minimum absolute atomic E-state index is 0.640. The van der Waals surface area contributed by atoms with Gasteiger partial charge in [0.2, 0.25) is 0 Å². The van der Waals surface area contributed by atoms with Crippen LogP contribution in [0.25, 0.3) is 0 Å². The van der Waals surface area contributed by atoms with Crippen molar-refractivity contribution in [2.75, 3.05) is 18.0 Å². The van der Waals surface area contributed by atoms with Crippen molar-refractivity contribution in [1.82, 2.24) is 0 Å². The second-order valence-electron chi connectivity index (χ2n) is 4.52. The molecule has 0 radical (unpaired) electrons. The van der Waals surface area contributed by atoms with E-state index in [4.69, 9.17) is 11.6 Å². The molecule has 1 aromatic rings. The van der Waals surface area contributed by atoms with Gasteiger partial charge >= 0.3 is 0 Å². The Hall–Kier alpha value is -1.02. The van der Waals surface area contributed by atoms with Gasteiger partial charge in [-0.1, -0.05) is 44.4 Å². The molecule has 2 nitrogen and oxygen atoms in total. The summed E-state index contributed by atoms with van der Waals surface area (Å²) in [6.45, 7) is 8.32. The van der Waals surface area contributed by atoms with E-state index >= 15 is 0 Å². The molecule has 0 saturated heterocycles. The van der Waals surface area contributed by atoms with Crippen molar-refractivity contribution >= 4 is 23.6 Å². The summed E-state index contributed by atoms with van der Waals surface area (Å²) in [6.07, 6.45) is 3.18. The Morgan fingerprint density at radius 3 is 2.44 bits per heavy atom. The summed E-state index contributed by atoms with van der Waals surface area (Å²) < 4.78 is 0. The number of nitrogens with zero attached hydrogens (tertiary/aromatic N) is 1. The number of carbonyl (C=O) groups is 1. The third-order valence-corrected chi connectivity index (χ3v) is 3.78. The lowest BCUT2D eigenvalue weighted by atomic mass is 10.0. The predicted molar refractivity (Wildman–Crippen MR) is 78.8 cm³/mol. The zero-order chi connectivity index (χ0) is 13.5. The normalized spacial score (nSPS) is 10.7. The Morgan fingerprint density at radius 1 is 1.28 bits per heavy atom. The van der Waals surface area contributed by atoms with Gasteiger partial charge in [0.1, 0.15) is 0 Å². The van der Waals surface area contributed by atoms with E-state index in [2.05, 4.69) is 25.7 Å². The third-order valence-electron chi connectivity index (χ3n) is 3.48. The van der Waals surface area contributed by atoms with Crippen molar-refractivity contribution in [3.05, 3.63) is 28.8 Å².